The predicted octanol–water partition coefficient (Wildman–Crippen LogP) is 6.07. The summed E-state index contributed by atoms with van der Waals surface area (Å²) in [6.07, 6.45) is -3.99. The molecule has 0 spiro atoms. The van der Waals surface area contributed by atoms with Crippen molar-refractivity contribution in [3.05, 3.63) is 83.0 Å². The zero-order valence-electron chi connectivity index (χ0n) is 18.6. The number of anilines is 2. The molecule has 0 aliphatic rings. The Morgan fingerprint density at radius 2 is 1.80 bits per heavy atom. The van der Waals surface area contributed by atoms with Crippen molar-refractivity contribution < 1.29 is 27.5 Å². The maximum absolute atomic E-state index is 13.1. The molecule has 0 aliphatic heterocycles. The smallest absolute Gasteiger partial charge is 0.416 e. The highest BCUT2D eigenvalue weighted by Gasteiger charge is 2.31. The van der Waals surface area contributed by atoms with Crippen molar-refractivity contribution in [3.63, 3.8) is 0 Å². The van der Waals surface area contributed by atoms with Gasteiger partial charge in [0.1, 0.15) is 6.61 Å². The van der Waals surface area contributed by atoms with Gasteiger partial charge in [0, 0.05) is 29.8 Å². The molecule has 0 fully saturated rings. The van der Waals surface area contributed by atoms with Crippen LogP contribution in [0.4, 0.5) is 24.0 Å². The Bertz CT molecular complexity index is 1370. The number of benzene rings is 2. The van der Waals surface area contributed by atoms with Gasteiger partial charge >= 0.3 is 12.1 Å². The van der Waals surface area contributed by atoms with Gasteiger partial charge in [0.05, 0.1) is 28.9 Å². The zero-order valence-corrected chi connectivity index (χ0v) is 19.4. The molecular weight excluding hydrogens is 479 g/mol. The van der Waals surface area contributed by atoms with Gasteiger partial charge in [-0.2, -0.15) is 13.2 Å². The van der Waals surface area contributed by atoms with E-state index in [4.69, 9.17) is 4.74 Å². The lowest BCUT2D eigenvalue weighted by Crippen LogP contribution is -2.23. The summed E-state index contributed by atoms with van der Waals surface area (Å²) in [6, 6.07) is 16.0. The number of nitrogens with zero attached hydrogens (tertiary/aromatic N) is 3. The summed E-state index contributed by atoms with van der Waals surface area (Å²) in [4.78, 5) is 34.3. The first-order chi connectivity index (χ1) is 16.7. The number of amides is 1. The van der Waals surface area contributed by atoms with Crippen molar-refractivity contribution >= 4 is 44.9 Å². The van der Waals surface area contributed by atoms with Gasteiger partial charge in [0.15, 0.2) is 5.13 Å². The Balaban J connectivity index is 1.37. The molecule has 0 aliphatic carbocycles. The van der Waals surface area contributed by atoms with E-state index in [0.29, 0.717) is 12.1 Å². The molecular formula is C25H20F3N3O3S. The SMILES string of the molecule is CC(=O)N(c1cccc(C(F)(F)F)c1)c1nc(COC(=O)CCc2ccc3ccccc3n2)cs1. The van der Waals surface area contributed by atoms with Gasteiger partial charge in [0.25, 0.3) is 0 Å². The summed E-state index contributed by atoms with van der Waals surface area (Å²) in [5, 5.41) is 2.79. The number of pyridine rings is 1. The number of aromatic nitrogens is 2. The summed E-state index contributed by atoms with van der Waals surface area (Å²) >= 11 is 1.07. The maximum Gasteiger partial charge on any atom is 0.416 e. The van der Waals surface area contributed by atoms with Crippen molar-refractivity contribution in [1.82, 2.24) is 9.97 Å². The van der Waals surface area contributed by atoms with Gasteiger partial charge in [-0.25, -0.2) is 4.98 Å². The fourth-order valence-electron chi connectivity index (χ4n) is 3.42. The van der Waals surface area contributed by atoms with Crippen LogP contribution in [0.15, 0.2) is 66.0 Å². The number of para-hydroxylation sites is 1. The van der Waals surface area contributed by atoms with Crippen molar-refractivity contribution in [3.8, 4) is 0 Å². The molecule has 10 heteroatoms. The first kappa shape index (κ1) is 24.3. The minimum absolute atomic E-state index is 0.0492. The topological polar surface area (TPSA) is 72.4 Å². The van der Waals surface area contributed by atoms with Crippen LogP contribution in [0.3, 0.4) is 0 Å². The molecule has 1 amide bonds. The molecule has 0 radical (unpaired) electrons. The first-order valence-electron chi connectivity index (χ1n) is 10.6. The second-order valence-electron chi connectivity index (χ2n) is 7.68. The molecule has 0 N–H and O–H groups in total. The van der Waals surface area contributed by atoms with E-state index >= 15 is 0 Å². The highest BCUT2D eigenvalue weighted by atomic mass is 32.1. The zero-order chi connectivity index (χ0) is 25.0. The number of esters is 1. The number of ether oxygens (including phenoxy) is 1. The van der Waals surface area contributed by atoms with Crippen LogP contribution in [0, 0.1) is 0 Å². The number of aryl methyl sites for hydroxylation is 1. The van der Waals surface area contributed by atoms with Crippen molar-refractivity contribution in [2.75, 3.05) is 4.90 Å². The Labute approximate surface area is 203 Å². The second kappa shape index (κ2) is 10.2. The minimum atomic E-state index is -4.54. The molecule has 2 aromatic heterocycles. The summed E-state index contributed by atoms with van der Waals surface area (Å²) in [6.45, 7) is 1.12. The third-order valence-corrected chi connectivity index (χ3v) is 5.97. The Kier molecular flexibility index (Phi) is 7.11. The number of fused-ring (bicyclic) bond motifs is 1. The van der Waals surface area contributed by atoms with Gasteiger partial charge in [-0.05, 0) is 30.3 Å². The molecule has 0 saturated heterocycles. The van der Waals surface area contributed by atoms with Crippen LogP contribution >= 0.6 is 11.3 Å². The monoisotopic (exact) mass is 499 g/mol. The van der Waals surface area contributed by atoms with Gasteiger partial charge < -0.3 is 4.74 Å². The molecule has 4 aromatic rings. The molecule has 4 rings (SSSR count). The molecule has 2 heterocycles. The molecule has 0 bridgehead atoms. The Morgan fingerprint density at radius 3 is 2.57 bits per heavy atom. The van der Waals surface area contributed by atoms with E-state index in [-0.39, 0.29) is 23.8 Å². The Morgan fingerprint density at radius 1 is 1.00 bits per heavy atom. The van der Waals surface area contributed by atoms with E-state index in [9.17, 15) is 22.8 Å². The van der Waals surface area contributed by atoms with Gasteiger partial charge in [-0.15, -0.1) is 11.3 Å². The highest BCUT2D eigenvalue weighted by molar-refractivity contribution is 7.14. The number of hydrogen-bond acceptors (Lipinski definition) is 6. The fraction of sp³-hybridized carbons (Fsp3) is 0.200. The van der Waals surface area contributed by atoms with Crippen LogP contribution in [0.2, 0.25) is 0 Å². The number of carbonyl (C=O) groups excluding carboxylic acids is 2. The van der Waals surface area contributed by atoms with E-state index in [1.54, 1.807) is 5.38 Å². The highest BCUT2D eigenvalue weighted by Crippen LogP contribution is 2.35. The number of carbonyl (C=O) groups is 2. The van der Waals surface area contributed by atoms with Crippen LogP contribution in [-0.2, 0) is 33.5 Å². The van der Waals surface area contributed by atoms with Crippen LogP contribution < -0.4 is 4.90 Å². The van der Waals surface area contributed by atoms with Crippen LogP contribution in [0.1, 0.15) is 30.3 Å². The lowest BCUT2D eigenvalue weighted by Gasteiger charge is -2.19. The number of thiazole rings is 1. The predicted molar refractivity (Wildman–Crippen MR) is 126 cm³/mol. The van der Waals surface area contributed by atoms with Gasteiger partial charge in [-0.1, -0.05) is 30.3 Å². The third kappa shape index (κ3) is 6.02. The van der Waals surface area contributed by atoms with E-state index in [0.717, 1.165) is 45.0 Å². The molecule has 0 saturated carbocycles. The van der Waals surface area contributed by atoms with Crippen molar-refractivity contribution in [2.24, 2.45) is 0 Å². The summed E-state index contributed by atoms with van der Waals surface area (Å²) in [7, 11) is 0. The van der Waals surface area contributed by atoms with Gasteiger partial charge in [0.2, 0.25) is 5.91 Å². The van der Waals surface area contributed by atoms with Crippen LogP contribution in [-0.4, -0.2) is 21.8 Å². The number of alkyl halides is 3. The van der Waals surface area contributed by atoms with Crippen LogP contribution in [0.25, 0.3) is 10.9 Å². The lowest BCUT2D eigenvalue weighted by atomic mass is 10.1. The standard InChI is InChI=1S/C25H20F3N3O3S/c1-16(32)31(21-7-4-6-18(13-21)25(26,27)28)24-30-20(15-35-24)14-34-23(33)12-11-19-10-9-17-5-2-3-8-22(17)29-19/h2-10,13,15H,11-12,14H2,1H3. The number of halogens is 3. The molecule has 180 valence electrons. The summed E-state index contributed by atoms with van der Waals surface area (Å²) in [5.74, 6) is -0.930. The summed E-state index contributed by atoms with van der Waals surface area (Å²) < 4.78 is 44.5. The van der Waals surface area contributed by atoms with E-state index < -0.39 is 23.6 Å². The Hall–Kier alpha value is -3.79. The van der Waals surface area contributed by atoms with E-state index in [1.165, 1.54) is 19.1 Å². The largest absolute Gasteiger partial charge is 0.459 e. The molecule has 0 unspecified atom stereocenters. The van der Waals surface area contributed by atoms with E-state index in [1.807, 2.05) is 36.4 Å². The minimum Gasteiger partial charge on any atom is -0.459 e. The number of hydrogen-bond donors (Lipinski definition) is 0. The van der Waals surface area contributed by atoms with Crippen molar-refractivity contribution in [2.45, 2.75) is 32.5 Å². The normalized spacial score (nSPS) is 11.4. The van der Waals surface area contributed by atoms with Crippen LogP contribution in [0.5, 0.6) is 0 Å². The van der Waals surface area contributed by atoms with Crippen molar-refractivity contribution in [1.29, 1.82) is 0 Å². The molecule has 0 atom stereocenters. The lowest BCUT2D eigenvalue weighted by molar-refractivity contribution is -0.145. The average Bonchev–Trinajstić information content (AvgIpc) is 3.29. The molecule has 2 aromatic carbocycles. The van der Waals surface area contributed by atoms with E-state index in [2.05, 4.69) is 9.97 Å². The molecule has 35 heavy (non-hydrogen) atoms. The average molecular weight is 500 g/mol. The first-order valence-corrected chi connectivity index (χ1v) is 11.5. The fourth-order valence-corrected chi connectivity index (χ4v) is 4.29. The molecule has 6 nitrogen and oxygen atoms in total. The maximum atomic E-state index is 13.1. The third-order valence-electron chi connectivity index (χ3n) is 5.10. The van der Waals surface area contributed by atoms with Gasteiger partial charge in [-0.3, -0.25) is 19.5 Å². The number of rotatable bonds is 7. The second-order valence-corrected chi connectivity index (χ2v) is 8.52. The summed E-state index contributed by atoms with van der Waals surface area (Å²) in [5.41, 5.74) is 1.19. The quantitative estimate of drug-likeness (QED) is 0.289.